The van der Waals surface area contributed by atoms with Crippen LogP contribution < -0.4 is 11.3 Å². The molecular formula is C12H16ClN5. The summed E-state index contributed by atoms with van der Waals surface area (Å²) in [6.45, 7) is 2.97. The van der Waals surface area contributed by atoms with E-state index < -0.39 is 0 Å². The zero-order chi connectivity index (χ0) is 13.0. The van der Waals surface area contributed by atoms with Gasteiger partial charge in [-0.25, -0.2) is 10.4 Å². The van der Waals surface area contributed by atoms with Crippen molar-refractivity contribution in [3.05, 3.63) is 47.0 Å². The van der Waals surface area contributed by atoms with Crippen LogP contribution in [0, 0.1) is 0 Å². The van der Waals surface area contributed by atoms with Crippen molar-refractivity contribution in [3.63, 3.8) is 0 Å². The van der Waals surface area contributed by atoms with Gasteiger partial charge in [0.15, 0.2) is 0 Å². The van der Waals surface area contributed by atoms with Crippen LogP contribution in [-0.2, 0) is 6.54 Å². The number of pyridine rings is 1. The van der Waals surface area contributed by atoms with Crippen LogP contribution in [-0.4, -0.2) is 14.8 Å². The van der Waals surface area contributed by atoms with Crippen molar-refractivity contribution in [2.24, 2.45) is 5.84 Å². The van der Waals surface area contributed by atoms with Crippen LogP contribution in [0.3, 0.4) is 0 Å². The molecule has 2 heterocycles. The molecular weight excluding hydrogens is 250 g/mol. The van der Waals surface area contributed by atoms with Gasteiger partial charge in [-0.15, -0.1) is 0 Å². The highest BCUT2D eigenvalue weighted by molar-refractivity contribution is 6.29. The second-order valence-electron chi connectivity index (χ2n) is 3.99. The first kappa shape index (κ1) is 13.0. The largest absolute Gasteiger partial charge is 0.271 e. The van der Waals surface area contributed by atoms with Gasteiger partial charge < -0.3 is 0 Å². The summed E-state index contributed by atoms with van der Waals surface area (Å²) in [6.07, 6.45) is 4.51. The normalized spacial score (nSPS) is 12.6. The molecule has 3 N–H and O–H groups in total. The van der Waals surface area contributed by atoms with Gasteiger partial charge in [0.1, 0.15) is 5.15 Å². The third kappa shape index (κ3) is 2.69. The lowest BCUT2D eigenvalue weighted by molar-refractivity contribution is 0.520. The maximum atomic E-state index is 5.79. The molecule has 2 aromatic heterocycles. The Kier molecular flexibility index (Phi) is 4.30. The molecule has 0 aliphatic carbocycles. The third-order valence-electron chi connectivity index (χ3n) is 2.73. The minimum Gasteiger partial charge on any atom is -0.271 e. The molecule has 0 saturated heterocycles. The van der Waals surface area contributed by atoms with Crippen molar-refractivity contribution in [1.29, 1.82) is 0 Å². The molecule has 2 aromatic rings. The van der Waals surface area contributed by atoms with Crippen LogP contribution >= 0.6 is 11.6 Å². The van der Waals surface area contributed by atoms with Gasteiger partial charge in [0.05, 0.1) is 11.7 Å². The number of halogens is 1. The van der Waals surface area contributed by atoms with Gasteiger partial charge in [0.25, 0.3) is 0 Å². The Bertz CT molecular complexity index is 493. The lowest BCUT2D eigenvalue weighted by Gasteiger charge is -2.17. The summed E-state index contributed by atoms with van der Waals surface area (Å²) >= 11 is 5.79. The van der Waals surface area contributed by atoms with E-state index in [0.717, 1.165) is 24.2 Å². The van der Waals surface area contributed by atoms with E-state index >= 15 is 0 Å². The highest BCUT2D eigenvalue weighted by Gasteiger charge is 2.16. The molecule has 0 spiro atoms. The van der Waals surface area contributed by atoms with Gasteiger partial charge in [0.2, 0.25) is 0 Å². The second kappa shape index (κ2) is 5.95. The van der Waals surface area contributed by atoms with Gasteiger partial charge in [-0.05, 0) is 24.1 Å². The number of aromatic nitrogens is 3. The van der Waals surface area contributed by atoms with Crippen LogP contribution in [0.4, 0.5) is 0 Å². The first-order chi connectivity index (χ1) is 8.76. The number of nitrogens with zero attached hydrogens (tertiary/aromatic N) is 3. The van der Waals surface area contributed by atoms with Gasteiger partial charge >= 0.3 is 0 Å². The van der Waals surface area contributed by atoms with E-state index in [1.807, 2.05) is 16.8 Å². The molecule has 0 saturated carbocycles. The molecule has 96 valence electrons. The van der Waals surface area contributed by atoms with Crippen molar-refractivity contribution in [2.75, 3.05) is 0 Å². The number of hydrazine groups is 1. The Morgan fingerprint density at radius 2 is 2.28 bits per heavy atom. The Balaban J connectivity index is 2.32. The van der Waals surface area contributed by atoms with Gasteiger partial charge in [-0.3, -0.25) is 10.5 Å². The minimum atomic E-state index is -0.135. The molecule has 0 aliphatic heterocycles. The molecule has 18 heavy (non-hydrogen) atoms. The summed E-state index contributed by atoms with van der Waals surface area (Å²) < 4.78 is 1.94. The molecule has 1 unspecified atom stereocenters. The smallest absolute Gasteiger partial charge is 0.129 e. The summed E-state index contributed by atoms with van der Waals surface area (Å²) in [7, 11) is 0. The third-order valence-corrected chi connectivity index (χ3v) is 2.95. The van der Waals surface area contributed by atoms with Gasteiger partial charge in [-0.2, -0.15) is 5.10 Å². The van der Waals surface area contributed by atoms with E-state index in [2.05, 4.69) is 22.4 Å². The van der Waals surface area contributed by atoms with E-state index in [1.54, 1.807) is 18.5 Å². The fourth-order valence-corrected chi connectivity index (χ4v) is 2.01. The van der Waals surface area contributed by atoms with Crippen molar-refractivity contribution in [3.8, 4) is 0 Å². The summed E-state index contributed by atoms with van der Waals surface area (Å²) in [5, 5.41) is 4.76. The fraction of sp³-hybridized carbons (Fsp3) is 0.333. The monoisotopic (exact) mass is 265 g/mol. The summed E-state index contributed by atoms with van der Waals surface area (Å²) in [5.41, 5.74) is 4.77. The second-order valence-corrected chi connectivity index (χ2v) is 4.38. The molecule has 2 rings (SSSR count). The molecule has 0 aliphatic rings. The van der Waals surface area contributed by atoms with E-state index in [9.17, 15) is 0 Å². The highest BCUT2D eigenvalue weighted by atomic mass is 35.5. The maximum Gasteiger partial charge on any atom is 0.129 e. The summed E-state index contributed by atoms with van der Waals surface area (Å²) in [6, 6.07) is 5.48. The standard InChI is InChI=1S/C12H16ClN5/c1-2-7-18-10(5-6-16-18)12(17-14)9-3-4-11(13)15-8-9/h3-6,8,12,17H,2,7,14H2,1H3. The first-order valence-corrected chi connectivity index (χ1v) is 6.23. The quantitative estimate of drug-likeness (QED) is 0.492. The van der Waals surface area contributed by atoms with Crippen molar-refractivity contribution >= 4 is 11.6 Å². The molecule has 0 bridgehead atoms. The topological polar surface area (TPSA) is 68.8 Å². The van der Waals surface area contributed by atoms with Crippen LogP contribution in [0.25, 0.3) is 0 Å². The Hall–Kier alpha value is -1.43. The Labute approximate surface area is 111 Å². The number of rotatable bonds is 5. The summed E-state index contributed by atoms with van der Waals surface area (Å²) in [5.74, 6) is 5.65. The number of aryl methyl sites for hydroxylation is 1. The van der Waals surface area contributed by atoms with Crippen LogP contribution in [0.2, 0.25) is 5.15 Å². The lowest BCUT2D eigenvalue weighted by Crippen LogP contribution is -2.30. The van der Waals surface area contributed by atoms with E-state index in [1.165, 1.54) is 0 Å². The fourth-order valence-electron chi connectivity index (χ4n) is 1.90. The molecule has 0 fully saturated rings. The van der Waals surface area contributed by atoms with Crippen molar-refractivity contribution < 1.29 is 0 Å². The Morgan fingerprint density at radius 3 is 2.89 bits per heavy atom. The zero-order valence-corrected chi connectivity index (χ0v) is 10.9. The van der Waals surface area contributed by atoms with Gasteiger partial charge in [-0.1, -0.05) is 24.6 Å². The summed E-state index contributed by atoms with van der Waals surface area (Å²) in [4.78, 5) is 4.07. The number of nitrogens with two attached hydrogens (primary N) is 1. The predicted octanol–water partition coefficient (Wildman–Crippen LogP) is 1.89. The minimum absolute atomic E-state index is 0.135. The average molecular weight is 266 g/mol. The van der Waals surface area contributed by atoms with E-state index in [4.69, 9.17) is 17.4 Å². The van der Waals surface area contributed by atoms with E-state index in [-0.39, 0.29) is 6.04 Å². The van der Waals surface area contributed by atoms with Crippen LogP contribution in [0.15, 0.2) is 30.6 Å². The SMILES string of the molecule is CCCn1nccc1C(NN)c1ccc(Cl)nc1. The highest BCUT2D eigenvalue weighted by Crippen LogP contribution is 2.21. The predicted molar refractivity (Wildman–Crippen MR) is 70.9 cm³/mol. The number of hydrogen-bond donors (Lipinski definition) is 2. The van der Waals surface area contributed by atoms with Crippen LogP contribution in [0.5, 0.6) is 0 Å². The van der Waals surface area contributed by atoms with Crippen molar-refractivity contribution in [1.82, 2.24) is 20.2 Å². The lowest BCUT2D eigenvalue weighted by atomic mass is 10.1. The zero-order valence-electron chi connectivity index (χ0n) is 10.2. The molecule has 5 nitrogen and oxygen atoms in total. The van der Waals surface area contributed by atoms with Crippen molar-refractivity contribution in [2.45, 2.75) is 25.9 Å². The number of hydrogen-bond acceptors (Lipinski definition) is 4. The maximum absolute atomic E-state index is 5.79. The Morgan fingerprint density at radius 1 is 1.44 bits per heavy atom. The molecule has 6 heteroatoms. The van der Waals surface area contributed by atoms with Gasteiger partial charge in [0, 0.05) is 18.9 Å². The first-order valence-electron chi connectivity index (χ1n) is 5.85. The molecule has 0 aromatic carbocycles. The molecule has 0 amide bonds. The number of nitrogens with one attached hydrogen (secondary N) is 1. The molecule has 1 atom stereocenters. The molecule has 0 radical (unpaired) electrons. The van der Waals surface area contributed by atoms with Crippen LogP contribution in [0.1, 0.15) is 30.6 Å². The average Bonchev–Trinajstić information content (AvgIpc) is 2.82. The van der Waals surface area contributed by atoms with E-state index in [0.29, 0.717) is 5.15 Å².